The summed E-state index contributed by atoms with van der Waals surface area (Å²) in [4.78, 5) is 12.4. The zero-order valence-corrected chi connectivity index (χ0v) is 13.4. The predicted octanol–water partition coefficient (Wildman–Crippen LogP) is 4.37. The van der Waals surface area contributed by atoms with Crippen LogP contribution in [0.15, 0.2) is 28.7 Å². The molecular weight excluding hydrogens is 326 g/mol. The molecule has 0 aliphatic heterocycles. The second-order valence-corrected chi connectivity index (χ2v) is 6.67. The molecule has 1 aliphatic rings. The summed E-state index contributed by atoms with van der Waals surface area (Å²) in [6.07, 6.45) is 4.29. The number of rotatable bonds is 3. The predicted molar refractivity (Wildman–Crippen MR) is 82.7 cm³/mol. The largest absolute Gasteiger partial charge is 0.345 e. The lowest BCUT2D eigenvalue weighted by atomic mass is 9.77. The van der Waals surface area contributed by atoms with Gasteiger partial charge in [0, 0.05) is 10.4 Å². The Labute approximate surface area is 128 Å². The fraction of sp³-hybridized carbons (Fsp3) is 0.533. The molecule has 1 aliphatic carbocycles. The van der Waals surface area contributed by atoms with Crippen molar-refractivity contribution in [2.24, 2.45) is 5.92 Å². The van der Waals surface area contributed by atoms with Crippen LogP contribution < -0.4 is 5.32 Å². The molecule has 2 rings (SSSR count). The summed E-state index contributed by atoms with van der Waals surface area (Å²) in [6.45, 7) is 2.23. The summed E-state index contributed by atoms with van der Waals surface area (Å²) in [5, 5.41) is 3.17. The summed E-state index contributed by atoms with van der Waals surface area (Å²) in [6, 6.07) is 7.48. The molecule has 2 unspecified atom stereocenters. The highest BCUT2D eigenvalue weighted by Gasteiger charge is 2.35. The Balaban J connectivity index is 2.14. The first-order chi connectivity index (χ1) is 9.06. The first kappa shape index (κ1) is 14.9. The van der Waals surface area contributed by atoms with Crippen LogP contribution in [0, 0.1) is 5.92 Å². The van der Waals surface area contributed by atoms with E-state index in [9.17, 15) is 4.79 Å². The average Bonchev–Trinajstić information content (AvgIpc) is 2.39. The molecule has 104 valence electrons. The summed E-state index contributed by atoms with van der Waals surface area (Å²) >= 11 is 9.57. The third-order valence-corrected chi connectivity index (χ3v) is 5.05. The van der Waals surface area contributed by atoms with Crippen molar-refractivity contribution in [3.8, 4) is 0 Å². The van der Waals surface area contributed by atoms with E-state index in [1.165, 1.54) is 6.42 Å². The number of carbonyl (C=O) groups excluding carboxylic acids is 1. The van der Waals surface area contributed by atoms with Gasteiger partial charge in [-0.15, -0.1) is 11.6 Å². The molecular formula is C15H19BrClNO. The number of hydrogen-bond acceptors (Lipinski definition) is 1. The average molecular weight is 345 g/mol. The van der Waals surface area contributed by atoms with Crippen molar-refractivity contribution >= 4 is 33.4 Å². The molecule has 1 aromatic carbocycles. The van der Waals surface area contributed by atoms with Gasteiger partial charge in [0.15, 0.2) is 0 Å². The number of halogens is 2. The molecule has 0 spiro atoms. The normalized spacial score (nSPS) is 27.0. The van der Waals surface area contributed by atoms with Crippen molar-refractivity contribution in [1.29, 1.82) is 0 Å². The fourth-order valence-electron chi connectivity index (χ4n) is 2.88. The molecule has 0 radical (unpaired) electrons. The molecule has 1 aromatic rings. The van der Waals surface area contributed by atoms with E-state index in [2.05, 4.69) is 28.2 Å². The Morgan fingerprint density at radius 3 is 2.89 bits per heavy atom. The minimum Gasteiger partial charge on any atom is -0.345 e. The van der Waals surface area contributed by atoms with Crippen molar-refractivity contribution in [1.82, 2.24) is 5.32 Å². The fourth-order valence-corrected chi connectivity index (χ4v) is 3.66. The Kier molecular flexibility index (Phi) is 4.91. The first-order valence-corrected chi connectivity index (χ1v) is 8.02. The standard InChI is InChI=1S/C15H19BrClNO/c1-11-5-4-8-15(9-11,10-17)18-14(19)12-6-2-3-7-13(12)16/h2-3,6-7,11H,4-5,8-10H2,1H3,(H,18,19). The topological polar surface area (TPSA) is 29.1 Å². The summed E-state index contributed by atoms with van der Waals surface area (Å²) in [7, 11) is 0. The van der Waals surface area contributed by atoms with Gasteiger partial charge in [0.25, 0.3) is 5.91 Å². The van der Waals surface area contributed by atoms with Crippen molar-refractivity contribution in [2.75, 3.05) is 5.88 Å². The Morgan fingerprint density at radius 1 is 1.53 bits per heavy atom. The quantitative estimate of drug-likeness (QED) is 0.811. The van der Waals surface area contributed by atoms with Crippen LogP contribution in [-0.2, 0) is 0 Å². The van der Waals surface area contributed by atoms with Crippen LogP contribution in [0.1, 0.15) is 43.0 Å². The van der Waals surface area contributed by atoms with E-state index in [0.29, 0.717) is 17.4 Å². The summed E-state index contributed by atoms with van der Waals surface area (Å²) in [5.41, 5.74) is 0.427. The molecule has 1 saturated carbocycles. The van der Waals surface area contributed by atoms with Gasteiger partial charge in [0.2, 0.25) is 0 Å². The maximum absolute atomic E-state index is 12.4. The van der Waals surface area contributed by atoms with E-state index >= 15 is 0 Å². The van der Waals surface area contributed by atoms with Gasteiger partial charge in [-0.25, -0.2) is 0 Å². The zero-order valence-electron chi connectivity index (χ0n) is 11.1. The van der Waals surface area contributed by atoms with Crippen LogP contribution in [-0.4, -0.2) is 17.3 Å². The van der Waals surface area contributed by atoms with Crippen LogP contribution in [0.4, 0.5) is 0 Å². The third kappa shape index (κ3) is 3.51. The molecule has 2 nitrogen and oxygen atoms in total. The highest BCUT2D eigenvalue weighted by atomic mass is 79.9. The summed E-state index contributed by atoms with van der Waals surface area (Å²) < 4.78 is 0.820. The maximum atomic E-state index is 12.4. The van der Waals surface area contributed by atoms with Crippen molar-refractivity contribution < 1.29 is 4.79 Å². The number of amides is 1. The molecule has 0 aromatic heterocycles. The van der Waals surface area contributed by atoms with Crippen molar-refractivity contribution in [3.63, 3.8) is 0 Å². The molecule has 2 atom stereocenters. The highest BCUT2D eigenvalue weighted by Crippen LogP contribution is 2.33. The Bertz CT molecular complexity index is 465. The van der Waals surface area contributed by atoms with E-state index in [-0.39, 0.29) is 11.4 Å². The molecule has 0 heterocycles. The van der Waals surface area contributed by atoms with Gasteiger partial charge >= 0.3 is 0 Å². The lowest BCUT2D eigenvalue weighted by Crippen LogP contribution is -2.52. The van der Waals surface area contributed by atoms with E-state index in [1.807, 2.05) is 24.3 Å². The molecule has 0 saturated heterocycles. The SMILES string of the molecule is CC1CCCC(CCl)(NC(=O)c2ccccc2Br)C1. The smallest absolute Gasteiger partial charge is 0.252 e. The Hall–Kier alpha value is -0.540. The van der Waals surface area contributed by atoms with E-state index < -0.39 is 0 Å². The van der Waals surface area contributed by atoms with Gasteiger partial charge in [-0.2, -0.15) is 0 Å². The highest BCUT2D eigenvalue weighted by molar-refractivity contribution is 9.10. The van der Waals surface area contributed by atoms with Gasteiger partial charge in [0.05, 0.1) is 11.1 Å². The lowest BCUT2D eigenvalue weighted by Gasteiger charge is -2.39. The van der Waals surface area contributed by atoms with Gasteiger partial charge in [-0.1, -0.05) is 31.9 Å². The van der Waals surface area contributed by atoms with E-state index in [0.717, 1.165) is 23.7 Å². The lowest BCUT2D eigenvalue weighted by molar-refractivity contribution is 0.0866. The van der Waals surface area contributed by atoms with E-state index in [4.69, 9.17) is 11.6 Å². The maximum Gasteiger partial charge on any atom is 0.252 e. The number of hydrogen-bond donors (Lipinski definition) is 1. The monoisotopic (exact) mass is 343 g/mol. The van der Waals surface area contributed by atoms with Crippen LogP contribution >= 0.6 is 27.5 Å². The number of alkyl halides is 1. The second kappa shape index (κ2) is 6.27. The van der Waals surface area contributed by atoms with Crippen LogP contribution in [0.25, 0.3) is 0 Å². The molecule has 4 heteroatoms. The van der Waals surface area contributed by atoms with Gasteiger partial charge in [-0.05, 0) is 46.8 Å². The first-order valence-electron chi connectivity index (χ1n) is 6.69. The van der Waals surface area contributed by atoms with Crippen LogP contribution in [0.5, 0.6) is 0 Å². The van der Waals surface area contributed by atoms with Crippen molar-refractivity contribution in [2.45, 2.75) is 38.1 Å². The minimum absolute atomic E-state index is 0.0396. The number of benzene rings is 1. The van der Waals surface area contributed by atoms with E-state index in [1.54, 1.807) is 0 Å². The molecule has 19 heavy (non-hydrogen) atoms. The van der Waals surface area contributed by atoms with Crippen LogP contribution in [0.3, 0.4) is 0 Å². The van der Waals surface area contributed by atoms with Gasteiger partial charge < -0.3 is 5.32 Å². The zero-order chi connectivity index (χ0) is 13.9. The van der Waals surface area contributed by atoms with Crippen molar-refractivity contribution in [3.05, 3.63) is 34.3 Å². The molecule has 1 N–H and O–H groups in total. The third-order valence-electron chi connectivity index (χ3n) is 3.84. The van der Waals surface area contributed by atoms with Gasteiger partial charge in [0.1, 0.15) is 0 Å². The second-order valence-electron chi connectivity index (χ2n) is 5.55. The van der Waals surface area contributed by atoms with Crippen LogP contribution in [0.2, 0.25) is 0 Å². The minimum atomic E-state index is -0.244. The Morgan fingerprint density at radius 2 is 2.26 bits per heavy atom. The summed E-state index contributed by atoms with van der Waals surface area (Å²) in [5.74, 6) is 1.06. The number of nitrogens with one attached hydrogen (secondary N) is 1. The molecule has 0 bridgehead atoms. The molecule has 1 fully saturated rings. The van der Waals surface area contributed by atoms with Gasteiger partial charge in [-0.3, -0.25) is 4.79 Å². The number of carbonyl (C=O) groups is 1. The molecule has 1 amide bonds.